The Morgan fingerprint density at radius 1 is 1.43 bits per heavy atom. The standard InChI is InChI=1S/C14H27N3O2S2/c1-5-8-17-11-14(9-13(17)10-15-3)21(18,19)16-7-6-12(2)20-4/h9,11-12,15-16H,5-8,10H2,1-4H3. The molecule has 7 heteroatoms. The summed E-state index contributed by atoms with van der Waals surface area (Å²) in [6.07, 6.45) is 5.58. The van der Waals surface area contributed by atoms with E-state index in [1.807, 2.05) is 17.9 Å². The number of nitrogens with zero attached hydrogens (tertiary/aromatic N) is 1. The third kappa shape index (κ3) is 5.65. The third-order valence-corrected chi connectivity index (χ3v) is 5.81. The van der Waals surface area contributed by atoms with Gasteiger partial charge >= 0.3 is 0 Å². The van der Waals surface area contributed by atoms with E-state index in [0.717, 1.165) is 25.1 Å². The van der Waals surface area contributed by atoms with Crippen molar-refractivity contribution in [3.63, 3.8) is 0 Å². The zero-order valence-electron chi connectivity index (χ0n) is 13.3. The maximum absolute atomic E-state index is 12.3. The van der Waals surface area contributed by atoms with Crippen LogP contribution in [0, 0.1) is 0 Å². The van der Waals surface area contributed by atoms with Crippen molar-refractivity contribution in [2.24, 2.45) is 0 Å². The molecular weight excluding hydrogens is 306 g/mol. The molecule has 0 saturated heterocycles. The van der Waals surface area contributed by atoms with Gasteiger partial charge in [0.2, 0.25) is 10.0 Å². The Balaban J connectivity index is 2.80. The van der Waals surface area contributed by atoms with Crippen LogP contribution in [0.5, 0.6) is 0 Å². The second-order valence-electron chi connectivity index (χ2n) is 5.12. The molecule has 1 rings (SSSR count). The zero-order valence-corrected chi connectivity index (χ0v) is 15.0. The molecule has 1 unspecified atom stereocenters. The van der Waals surface area contributed by atoms with Gasteiger partial charge in [0.25, 0.3) is 0 Å². The van der Waals surface area contributed by atoms with Gasteiger partial charge in [0.15, 0.2) is 0 Å². The Labute approximate surface area is 132 Å². The van der Waals surface area contributed by atoms with Gasteiger partial charge in [0, 0.05) is 36.8 Å². The van der Waals surface area contributed by atoms with Crippen LogP contribution in [0.2, 0.25) is 0 Å². The van der Waals surface area contributed by atoms with E-state index in [4.69, 9.17) is 0 Å². The number of hydrogen-bond donors (Lipinski definition) is 2. The molecule has 0 spiro atoms. The molecule has 1 aromatic heterocycles. The first-order valence-electron chi connectivity index (χ1n) is 7.30. The van der Waals surface area contributed by atoms with Gasteiger partial charge in [0.05, 0.1) is 4.90 Å². The highest BCUT2D eigenvalue weighted by Gasteiger charge is 2.18. The smallest absolute Gasteiger partial charge is 0.242 e. The number of nitrogens with one attached hydrogen (secondary N) is 2. The van der Waals surface area contributed by atoms with E-state index in [1.54, 1.807) is 24.0 Å². The monoisotopic (exact) mass is 333 g/mol. The van der Waals surface area contributed by atoms with E-state index in [0.29, 0.717) is 23.2 Å². The number of aromatic nitrogens is 1. The second-order valence-corrected chi connectivity index (χ2v) is 8.17. The van der Waals surface area contributed by atoms with Crippen LogP contribution in [0.3, 0.4) is 0 Å². The SMILES string of the molecule is CCCn1cc(S(=O)(=O)NCCC(C)SC)cc1CNC. The predicted molar refractivity (Wildman–Crippen MR) is 90.3 cm³/mol. The van der Waals surface area contributed by atoms with Crippen LogP contribution in [-0.2, 0) is 23.1 Å². The molecule has 0 aromatic carbocycles. The van der Waals surface area contributed by atoms with Crippen LogP contribution in [0.4, 0.5) is 0 Å². The van der Waals surface area contributed by atoms with Crippen molar-refractivity contribution in [2.45, 2.75) is 49.9 Å². The predicted octanol–water partition coefficient (Wildman–Crippen LogP) is 2.04. The molecule has 0 aliphatic heterocycles. The molecular formula is C14H27N3O2S2. The Kier molecular flexibility index (Phi) is 7.79. The van der Waals surface area contributed by atoms with Gasteiger partial charge in [-0.3, -0.25) is 0 Å². The van der Waals surface area contributed by atoms with Crippen LogP contribution in [-0.4, -0.2) is 38.1 Å². The summed E-state index contributed by atoms with van der Waals surface area (Å²) in [5.41, 5.74) is 0.997. The summed E-state index contributed by atoms with van der Waals surface area (Å²) in [4.78, 5) is 0.359. The first-order valence-corrected chi connectivity index (χ1v) is 10.1. The van der Waals surface area contributed by atoms with Crippen molar-refractivity contribution in [3.05, 3.63) is 18.0 Å². The lowest BCUT2D eigenvalue weighted by Gasteiger charge is -2.09. The van der Waals surface area contributed by atoms with Crippen molar-refractivity contribution < 1.29 is 8.42 Å². The van der Waals surface area contributed by atoms with Crippen LogP contribution in [0.25, 0.3) is 0 Å². The van der Waals surface area contributed by atoms with E-state index in [2.05, 4.69) is 23.9 Å². The molecule has 0 aliphatic rings. The molecule has 0 bridgehead atoms. The van der Waals surface area contributed by atoms with Gasteiger partial charge in [-0.25, -0.2) is 13.1 Å². The number of sulfonamides is 1. The fourth-order valence-corrected chi connectivity index (χ4v) is 3.51. The van der Waals surface area contributed by atoms with Crippen molar-refractivity contribution in [1.82, 2.24) is 14.6 Å². The molecule has 0 saturated carbocycles. The van der Waals surface area contributed by atoms with Crippen LogP contribution in [0.15, 0.2) is 17.2 Å². The quantitative estimate of drug-likeness (QED) is 0.688. The van der Waals surface area contributed by atoms with Gasteiger partial charge in [-0.05, 0) is 32.2 Å². The summed E-state index contributed by atoms with van der Waals surface area (Å²) in [6, 6.07) is 1.76. The Morgan fingerprint density at radius 3 is 2.71 bits per heavy atom. The summed E-state index contributed by atoms with van der Waals surface area (Å²) < 4.78 is 29.3. The van der Waals surface area contributed by atoms with Crippen LogP contribution in [0.1, 0.15) is 32.4 Å². The lowest BCUT2D eigenvalue weighted by atomic mass is 10.3. The van der Waals surface area contributed by atoms with E-state index >= 15 is 0 Å². The largest absolute Gasteiger partial charge is 0.349 e. The van der Waals surface area contributed by atoms with Gasteiger partial charge in [-0.1, -0.05) is 13.8 Å². The molecule has 21 heavy (non-hydrogen) atoms. The molecule has 122 valence electrons. The molecule has 1 atom stereocenters. The molecule has 1 heterocycles. The molecule has 0 amide bonds. The fourth-order valence-electron chi connectivity index (χ4n) is 2.05. The Morgan fingerprint density at radius 2 is 2.14 bits per heavy atom. The molecule has 0 aliphatic carbocycles. The summed E-state index contributed by atoms with van der Waals surface area (Å²) in [5, 5.41) is 3.53. The first-order chi connectivity index (χ1) is 9.94. The number of rotatable bonds is 10. The minimum Gasteiger partial charge on any atom is -0.349 e. The van der Waals surface area contributed by atoms with Crippen molar-refractivity contribution in [3.8, 4) is 0 Å². The summed E-state index contributed by atoms with van der Waals surface area (Å²) in [7, 11) is -1.55. The maximum Gasteiger partial charge on any atom is 0.242 e. The second kappa shape index (κ2) is 8.82. The first kappa shape index (κ1) is 18.5. The minimum absolute atomic E-state index is 0.359. The van der Waals surface area contributed by atoms with Crippen LogP contribution < -0.4 is 10.0 Å². The average Bonchev–Trinajstić information content (AvgIpc) is 2.83. The molecule has 0 fully saturated rings. The number of thioether (sulfide) groups is 1. The summed E-state index contributed by atoms with van der Waals surface area (Å²) in [5.74, 6) is 0. The van der Waals surface area contributed by atoms with E-state index in [9.17, 15) is 8.42 Å². The lowest BCUT2D eigenvalue weighted by Crippen LogP contribution is -2.26. The molecule has 2 N–H and O–H groups in total. The van der Waals surface area contributed by atoms with Gasteiger partial charge < -0.3 is 9.88 Å². The number of aryl methyl sites for hydroxylation is 1. The molecule has 5 nitrogen and oxygen atoms in total. The Hall–Kier alpha value is -0.500. The lowest BCUT2D eigenvalue weighted by molar-refractivity contribution is 0.578. The molecule has 0 radical (unpaired) electrons. The summed E-state index contributed by atoms with van der Waals surface area (Å²) in [6.45, 7) is 6.15. The zero-order chi connectivity index (χ0) is 15.9. The highest BCUT2D eigenvalue weighted by Crippen LogP contribution is 2.16. The molecule has 1 aromatic rings. The van der Waals surface area contributed by atoms with Gasteiger partial charge in [-0.15, -0.1) is 0 Å². The van der Waals surface area contributed by atoms with E-state index in [1.165, 1.54) is 0 Å². The van der Waals surface area contributed by atoms with Gasteiger partial charge in [0.1, 0.15) is 0 Å². The third-order valence-electron chi connectivity index (χ3n) is 3.34. The Bertz CT molecular complexity index is 503. The minimum atomic E-state index is -3.41. The van der Waals surface area contributed by atoms with Crippen molar-refractivity contribution in [2.75, 3.05) is 19.8 Å². The average molecular weight is 334 g/mol. The fraction of sp³-hybridized carbons (Fsp3) is 0.714. The highest BCUT2D eigenvalue weighted by atomic mass is 32.2. The van der Waals surface area contributed by atoms with Crippen molar-refractivity contribution >= 4 is 21.8 Å². The van der Waals surface area contributed by atoms with Crippen LogP contribution >= 0.6 is 11.8 Å². The topological polar surface area (TPSA) is 63.1 Å². The maximum atomic E-state index is 12.3. The van der Waals surface area contributed by atoms with E-state index in [-0.39, 0.29) is 0 Å². The summed E-state index contributed by atoms with van der Waals surface area (Å²) >= 11 is 1.74. The highest BCUT2D eigenvalue weighted by molar-refractivity contribution is 7.99. The van der Waals surface area contributed by atoms with E-state index < -0.39 is 10.0 Å². The van der Waals surface area contributed by atoms with Crippen molar-refractivity contribution in [1.29, 1.82) is 0 Å². The van der Waals surface area contributed by atoms with Gasteiger partial charge in [-0.2, -0.15) is 11.8 Å². The normalized spacial score (nSPS) is 13.5. The number of hydrogen-bond acceptors (Lipinski definition) is 4.